The van der Waals surface area contributed by atoms with Crippen molar-refractivity contribution >= 4 is 26.0 Å². The van der Waals surface area contributed by atoms with Crippen molar-refractivity contribution in [1.29, 1.82) is 0 Å². The molecule has 0 aromatic heterocycles. The number of hydrogen-bond acceptors (Lipinski definition) is 4. The summed E-state index contributed by atoms with van der Waals surface area (Å²) in [5.74, 6) is 2.93. The number of esters is 1. The molecule has 168 valence electrons. The molecule has 2 aliphatic rings. The van der Waals surface area contributed by atoms with E-state index in [0.717, 1.165) is 11.7 Å². The number of hydrogen-bond donors (Lipinski definition) is 0. The van der Waals surface area contributed by atoms with Crippen LogP contribution in [0.1, 0.15) is 73.6 Å². The third kappa shape index (κ3) is 5.91. The van der Waals surface area contributed by atoms with E-state index in [0.29, 0.717) is 30.0 Å². The minimum Gasteiger partial charge on any atom is -0.463 e. The van der Waals surface area contributed by atoms with Gasteiger partial charge < -0.3 is 9.16 Å². The molecule has 0 N–H and O–H groups in total. The Kier molecular flexibility index (Phi) is 8.54. The van der Waals surface area contributed by atoms with Gasteiger partial charge in [-0.3, -0.25) is 0 Å². The van der Waals surface area contributed by atoms with Gasteiger partial charge in [0.15, 0.2) is 8.32 Å². The normalized spacial score (nSPS) is 31.7. The van der Waals surface area contributed by atoms with Crippen LogP contribution in [0.5, 0.6) is 0 Å². The van der Waals surface area contributed by atoms with Gasteiger partial charge in [0.2, 0.25) is 0 Å². The zero-order valence-corrected chi connectivity index (χ0v) is 21.9. The molecule has 0 bridgehead atoms. The first-order valence-corrected chi connectivity index (χ1v) is 15.5. The Morgan fingerprint density at radius 3 is 2.59 bits per heavy atom. The monoisotopic (exact) mass is 440 g/mol. The molecule has 2 unspecified atom stereocenters. The van der Waals surface area contributed by atoms with Crippen LogP contribution in [-0.4, -0.2) is 32.8 Å². The molecule has 2 aliphatic carbocycles. The van der Waals surface area contributed by atoms with E-state index in [2.05, 4.69) is 47.7 Å². The predicted molar refractivity (Wildman–Crippen MR) is 128 cm³/mol. The lowest BCUT2D eigenvalue weighted by Gasteiger charge is -2.49. The van der Waals surface area contributed by atoms with E-state index in [1.54, 1.807) is 17.8 Å². The van der Waals surface area contributed by atoms with Gasteiger partial charge in [-0.1, -0.05) is 41.0 Å². The largest absolute Gasteiger partial charge is 0.463 e. The topological polar surface area (TPSA) is 35.5 Å². The van der Waals surface area contributed by atoms with Crippen molar-refractivity contribution in [3.63, 3.8) is 0 Å². The Morgan fingerprint density at radius 1 is 1.28 bits per heavy atom. The van der Waals surface area contributed by atoms with Gasteiger partial charge in [0, 0.05) is 17.9 Å². The summed E-state index contributed by atoms with van der Waals surface area (Å²) >= 11 is 1.75. The Bertz CT molecular complexity index is 583. The van der Waals surface area contributed by atoms with E-state index in [9.17, 15) is 4.79 Å². The number of rotatable bonds is 8. The van der Waals surface area contributed by atoms with E-state index in [1.165, 1.54) is 32.1 Å². The van der Waals surface area contributed by atoms with Gasteiger partial charge in [-0.2, -0.15) is 0 Å². The highest BCUT2D eigenvalue weighted by molar-refractivity contribution is 8.02. The molecule has 29 heavy (non-hydrogen) atoms. The second kappa shape index (κ2) is 9.91. The first-order valence-electron chi connectivity index (χ1n) is 11.5. The van der Waals surface area contributed by atoms with Crippen LogP contribution >= 0.6 is 11.8 Å². The van der Waals surface area contributed by atoms with Crippen molar-refractivity contribution in [3.8, 4) is 0 Å². The minimum atomic E-state index is -1.74. The Balaban J connectivity index is 1.99. The summed E-state index contributed by atoms with van der Waals surface area (Å²) in [5, 5.41) is 2.18. The fourth-order valence-corrected chi connectivity index (χ4v) is 7.66. The second-order valence-corrected chi connectivity index (χ2v) is 16.7. The first-order chi connectivity index (χ1) is 13.4. The quantitative estimate of drug-likeness (QED) is 0.230. The average molecular weight is 441 g/mol. The van der Waals surface area contributed by atoms with Crippen molar-refractivity contribution in [1.82, 2.24) is 0 Å². The third-order valence-electron chi connectivity index (χ3n) is 8.02. The van der Waals surface area contributed by atoms with E-state index in [-0.39, 0.29) is 11.0 Å². The molecule has 0 aromatic rings. The van der Waals surface area contributed by atoms with E-state index in [1.807, 2.05) is 12.3 Å². The molecule has 0 aromatic carbocycles. The molecule has 5 atom stereocenters. The first kappa shape index (κ1) is 25.0. The van der Waals surface area contributed by atoms with Crippen LogP contribution in [0.25, 0.3) is 0 Å². The highest BCUT2D eigenvalue weighted by Gasteiger charge is 2.54. The lowest BCUT2D eigenvalue weighted by atomic mass is 9.62. The summed E-state index contributed by atoms with van der Waals surface area (Å²) in [6.45, 7) is 19.1. The highest BCUT2D eigenvalue weighted by atomic mass is 32.2. The fourth-order valence-electron chi connectivity index (χ4n) is 5.41. The maximum Gasteiger partial charge on any atom is 0.331 e. The molecule has 0 heterocycles. The molecule has 2 fully saturated rings. The van der Waals surface area contributed by atoms with Gasteiger partial charge in [-0.25, -0.2) is 4.79 Å². The van der Waals surface area contributed by atoms with Crippen LogP contribution in [0.4, 0.5) is 0 Å². The molecule has 0 saturated heterocycles. The molecular formula is C24H44O3SSi. The Morgan fingerprint density at radius 2 is 1.97 bits per heavy atom. The summed E-state index contributed by atoms with van der Waals surface area (Å²) in [7, 11) is -1.74. The lowest BCUT2D eigenvalue weighted by Crippen LogP contribution is -2.50. The molecular weight excluding hydrogens is 396 g/mol. The van der Waals surface area contributed by atoms with Gasteiger partial charge in [0.25, 0.3) is 0 Å². The van der Waals surface area contributed by atoms with Crippen molar-refractivity contribution in [2.45, 2.75) is 97.9 Å². The summed E-state index contributed by atoms with van der Waals surface area (Å²) in [5.41, 5.74) is 0.399. The summed E-state index contributed by atoms with van der Waals surface area (Å²) in [6.07, 6.45) is 8.52. The van der Waals surface area contributed by atoms with Crippen LogP contribution < -0.4 is 0 Å². The predicted octanol–water partition coefficient (Wildman–Crippen LogP) is 7.04. The minimum absolute atomic E-state index is 0.238. The fraction of sp³-hybridized carbons (Fsp3) is 0.875. The summed E-state index contributed by atoms with van der Waals surface area (Å²) in [4.78, 5) is 11.5. The van der Waals surface area contributed by atoms with Crippen molar-refractivity contribution in [3.05, 3.63) is 11.5 Å². The van der Waals surface area contributed by atoms with Crippen molar-refractivity contribution in [2.75, 3.05) is 12.4 Å². The van der Waals surface area contributed by atoms with Gasteiger partial charge in [-0.15, -0.1) is 11.8 Å². The number of thioether (sulfide) groups is 1. The van der Waals surface area contributed by atoms with Crippen LogP contribution in [0.3, 0.4) is 0 Å². The smallest absolute Gasteiger partial charge is 0.331 e. The van der Waals surface area contributed by atoms with E-state index < -0.39 is 8.32 Å². The van der Waals surface area contributed by atoms with Crippen LogP contribution in [-0.2, 0) is 14.0 Å². The van der Waals surface area contributed by atoms with Crippen LogP contribution in [0, 0.1) is 23.2 Å². The number of carbonyl (C=O) groups excluding carboxylic acids is 1. The molecule has 0 aliphatic heterocycles. The standard InChI is InChI=1S/C24H44O3SSi/c1-9-26-22(25)14-16-28-17-18(2)19-12-13-20-21(11-10-15-24(19,20)6)27-29(7,8)23(3,4)5/h14,16,18-21H,9-13,15,17H2,1-8H3/b16-14-/t18-,19?,20+,21?,24-/m1/s1. The Labute approximate surface area is 184 Å². The van der Waals surface area contributed by atoms with Gasteiger partial charge >= 0.3 is 5.97 Å². The molecule has 0 radical (unpaired) electrons. The Hall–Kier alpha value is -0.263. The van der Waals surface area contributed by atoms with E-state index >= 15 is 0 Å². The summed E-state index contributed by atoms with van der Waals surface area (Å²) < 4.78 is 11.9. The maximum absolute atomic E-state index is 11.5. The van der Waals surface area contributed by atoms with Crippen LogP contribution in [0.2, 0.25) is 18.1 Å². The number of fused-ring (bicyclic) bond motifs is 1. The van der Waals surface area contributed by atoms with Gasteiger partial charge in [-0.05, 0) is 79.3 Å². The number of carbonyl (C=O) groups is 1. The lowest BCUT2D eigenvalue weighted by molar-refractivity contribution is -0.137. The molecule has 0 spiro atoms. The molecule has 2 saturated carbocycles. The zero-order chi connectivity index (χ0) is 21.9. The van der Waals surface area contributed by atoms with Crippen molar-refractivity contribution in [2.24, 2.45) is 23.2 Å². The average Bonchev–Trinajstić information content (AvgIpc) is 2.95. The SMILES string of the molecule is CCOC(=O)/C=C\SC[C@@H](C)C1CC[C@H]2C(O[Si](C)(C)C(C)(C)C)CCC[C@]12C. The molecule has 0 amide bonds. The third-order valence-corrected chi connectivity index (χ3v) is 13.6. The van der Waals surface area contributed by atoms with Gasteiger partial charge in [0.1, 0.15) is 0 Å². The molecule has 3 nitrogen and oxygen atoms in total. The highest BCUT2D eigenvalue weighted by Crippen LogP contribution is 2.59. The van der Waals surface area contributed by atoms with Gasteiger partial charge in [0.05, 0.1) is 6.61 Å². The molecule has 2 rings (SSSR count). The van der Waals surface area contributed by atoms with E-state index in [4.69, 9.17) is 9.16 Å². The van der Waals surface area contributed by atoms with Crippen molar-refractivity contribution < 1.29 is 14.0 Å². The van der Waals surface area contributed by atoms with Crippen LogP contribution in [0.15, 0.2) is 11.5 Å². The number of ether oxygens (including phenoxy) is 1. The second-order valence-electron chi connectivity index (χ2n) is 11.0. The zero-order valence-electron chi connectivity index (χ0n) is 20.0. The summed E-state index contributed by atoms with van der Waals surface area (Å²) in [6, 6.07) is 0. The maximum atomic E-state index is 11.5. The molecule has 5 heteroatoms.